The van der Waals surface area contributed by atoms with E-state index in [1.54, 1.807) is 10.9 Å². The van der Waals surface area contributed by atoms with E-state index in [0.29, 0.717) is 19.4 Å². The van der Waals surface area contributed by atoms with Crippen LogP contribution < -0.4 is 11.1 Å². The third kappa shape index (κ3) is 4.20. The first kappa shape index (κ1) is 14.3. The Morgan fingerprint density at radius 1 is 1.40 bits per heavy atom. The number of benzene rings is 1. The number of carbonyl (C=O) groups is 1. The molecule has 0 fully saturated rings. The zero-order valence-electron chi connectivity index (χ0n) is 11.6. The van der Waals surface area contributed by atoms with Gasteiger partial charge in [0.05, 0.1) is 5.69 Å². The van der Waals surface area contributed by atoms with Gasteiger partial charge in [-0.25, -0.2) is 4.68 Å². The molecule has 1 aromatic carbocycles. The van der Waals surface area contributed by atoms with Crippen molar-refractivity contribution in [2.24, 2.45) is 5.73 Å². The molecule has 0 radical (unpaired) electrons. The molecule has 0 aliphatic rings. The highest BCUT2D eigenvalue weighted by molar-refractivity contribution is 5.75. The molecule has 0 saturated heterocycles. The molecule has 0 aliphatic carbocycles. The van der Waals surface area contributed by atoms with Gasteiger partial charge in [-0.15, -0.1) is 0 Å². The molecule has 3 N–H and O–H groups in total. The van der Waals surface area contributed by atoms with Crippen molar-refractivity contribution in [3.05, 3.63) is 48.3 Å². The summed E-state index contributed by atoms with van der Waals surface area (Å²) in [5, 5.41) is 7.06. The summed E-state index contributed by atoms with van der Waals surface area (Å²) in [5.41, 5.74) is 7.69. The van der Waals surface area contributed by atoms with Gasteiger partial charge in [0, 0.05) is 31.4 Å². The van der Waals surface area contributed by atoms with E-state index in [2.05, 4.69) is 10.4 Å². The Labute approximate surface area is 118 Å². The number of nitrogens with one attached hydrogen (secondary N) is 1. The molecule has 1 heterocycles. The number of rotatable bonds is 6. The van der Waals surface area contributed by atoms with Crippen LogP contribution in [0.5, 0.6) is 0 Å². The molecule has 20 heavy (non-hydrogen) atoms. The van der Waals surface area contributed by atoms with Crippen molar-refractivity contribution in [1.29, 1.82) is 0 Å². The predicted molar refractivity (Wildman–Crippen MR) is 78.3 cm³/mol. The average Bonchev–Trinajstić information content (AvgIpc) is 2.97. The molecule has 0 saturated carbocycles. The van der Waals surface area contributed by atoms with Crippen molar-refractivity contribution >= 4 is 5.91 Å². The average molecular weight is 272 g/mol. The van der Waals surface area contributed by atoms with E-state index < -0.39 is 0 Å². The monoisotopic (exact) mass is 272 g/mol. The second-order valence-electron chi connectivity index (χ2n) is 4.91. The van der Waals surface area contributed by atoms with Gasteiger partial charge in [0.15, 0.2) is 0 Å². The molecule has 106 valence electrons. The molecule has 2 aromatic rings. The van der Waals surface area contributed by atoms with Gasteiger partial charge in [0.2, 0.25) is 5.91 Å². The van der Waals surface area contributed by atoms with E-state index in [0.717, 1.165) is 11.3 Å². The molecule has 0 bridgehead atoms. The minimum Gasteiger partial charge on any atom is -0.352 e. The molecule has 5 nitrogen and oxygen atoms in total. The highest BCUT2D eigenvalue weighted by Crippen LogP contribution is 2.08. The molecule has 0 aliphatic heterocycles. The number of amides is 1. The summed E-state index contributed by atoms with van der Waals surface area (Å²) in [7, 11) is 0. The summed E-state index contributed by atoms with van der Waals surface area (Å²) in [6.45, 7) is 2.44. The van der Waals surface area contributed by atoms with E-state index >= 15 is 0 Å². The van der Waals surface area contributed by atoms with Gasteiger partial charge in [-0.2, -0.15) is 5.10 Å². The van der Waals surface area contributed by atoms with Crippen LogP contribution in [0.3, 0.4) is 0 Å². The quantitative estimate of drug-likeness (QED) is 0.839. The summed E-state index contributed by atoms with van der Waals surface area (Å²) < 4.78 is 1.80. The molecule has 5 heteroatoms. The molecule has 0 spiro atoms. The standard InChI is InChI=1S/C15H20N4O/c1-12(16)3-8-15(20)17-11-13-4-6-14(7-5-13)19-10-2-9-18-19/h2,4-7,9-10,12H,3,8,11,16H2,1H3,(H,17,20). The summed E-state index contributed by atoms with van der Waals surface area (Å²) in [6.07, 6.45) is 4.82. The van der Waals surface area contributed by atoms with Crippen LogP contribution in [0.2, 0.25) is 0 Å². The summed E-state index contributed by atoms with van der Waals surface area (Å²) in [5.74, 6) is 0.0402. The maximum Gasteiger partial charge on any atom is 0.220 e. The second-order valence-corrected chi connectivity index (χ2v) is 4.91. The fraction of sp³-hybridized carbons (Fsp3) is 0.333. The van der Waals surface area contributed by atoms with Crippen molar-refractivity contribution in [1.82, 2.24) is 15.1 Å². The number of hydrogen-bond donors (Lipinski definition) is 2. The van der Waals surface area contributed by atoms with E-state index in [9.17, 15) is 4.79 Å². The molecule has 1 unspecified atom stereocenters. The second kappa shape index (κ2) is 6.86. The van der Waals surface area contributed by atoms with E-state index in [4.69, 9.17) is 5.73 Å². The van der Waals surface area contributed by atoms with Crippen molar-refractivity contribution in [2.45, 2.75) is 32.4 Å². The van der Waals surface area contributed by atoms with Gasteiger partial charge in [-0.3, -0.25) is 4.79 Å². The van der Waals surface area contributed by atoms with Crippen molar-refractivity contribution < 1.29 is 4.79 Å². The van der Waals surface area contributed by atoms with Crippen LogP contribution in [-0.2, 0) is 11.3 Å². The van der Waals surface area contributed by atoms with Crippen LogP contribution in [0.15, 0.2) is 42.7 Å². The Hall–Kier alpha value is -2.14. The van der Waals surface area contributed by atoms with Crippen LogP contribution in [-0.4, -0.2) is 21.7 Å². The van der Waals surface area contributed by atoms with Crippen LogP contribution >= 0.6 is 0 Å². The van der Waals surface area contributed by atoms with Gasteiger partial charge in [-0.05, 0) is 37.1 Å². The van der Waals surface area contributed by atoms with E-state index in [-0.39, 0.29) is 11.9 Å². The maximum absolute atomic E-state index is 11.6. The van der Waals surface area contributed by atoms with Crippen molar-refractivity contribution in [2.75, 3.05) is 0 Å². The van der Waals surface area contributed by atoms with E-state index in [1.165, 1.54) is 0 Å². The number of hydrogen-bond acceptors (Lipinski definition) is 3. The van der Waals surface area contributed by atoms with Crippen LogP contribution in [0.4, 0.5) is 0 Å². The predicted octanol–water partition coefficient (Wildman–Crippen LogP) is 1.62. The normalized spacial score (nSPS) is 12.1. The first-order valence-electron chi connectivity index (χ1n) is 6.76. The smallest absolute Gasteiger partial charge is 0.220 e. The van der Waals surface area contributed by atoms with Crippen LogP contribution in [0, 0.1) is 0 Å². The summed E-state index contributed by atoms with van der Waals surface area (Å²) >= 11 is 0. The largest absolute Gasteiger partial charge is 0.352 e. The molecule has 2 rings (SSSR count). The minimum absolute atomic E-state index is 0.0402. The van der Waals surface area contributed by atoms with Gasteiger partial charge in [0.1, 0.15) is 0 Å². The third-order valence-corrected chi connectivity index (χ3v) is 3.02. The molecular weight excluding hydrogens is 252 g/mol. The summed E-state index contributed by atoms with van der Waals surface area (Å²) in [4.78, 5) is 11.6. The molecule has 1 amide bonds. The fourth-order valence-electron chi connectivity index (χ4n) is 1.84. The lowest BCUT2D eigenvalue weighted by Gasteiger charge is -2.08. The zero-order chi connectivity index (χ0) is 14.4. The highest BCUT2D eigenvalue weighted by Gasteiger charge is 2.03. The zero-order valence-corrected chi connectivity index (χ0v) is 11.6. The Balaban J connectivity index is 1.84. The highest BCUT2D eigenvalue weighted by atomic mass is 16.1. The fourth-order valence-corrected chi connectivity index (χ4v) is 1.84. The topological polar surface area (TPSA) is 72.9 Å². The number of carbonyl (C=O) groups excluding carboxylic acids is 1. The van der Waals surface area contributed by atoms with Gasteiger partial charge in [0.25, 0.3) is 0 Å². The Bertz CT molecular complexity index is 532. The molecule has 1 aromatic heterocycles. The Morgan fingerprint density at radius 2 is 2.15 bits per heavy atom. The molecular formula is C15H20N4O. The Morgan fingerprint density at radius 3 is 2.75 bits per heavy atom. The van der Waals surface area contributed by atoms with Gasteiger partial charge >= 0.3 is 0 Å². The van der Waals surface area contributed by atoms with Gasteiger partial charge < -0.3 is 11.1 Å². The lowest BCUT2D eigenvalue weighted by Crippen LogP contribution is -2.25. The SMILES string of the molecule is CC(N)CCC(=O)NCc1ccc(-n2cccn2)cc1. The lowest BCUT2D eigenvalue weighted by atomic mass is 10.1. The van der Waals surface area contributed by atoms with E-state index in [1.807, 2.05) is 43.5 Å². The lowest BCUT2D eigenvalue weighted by molar-refractivity contribution is -0.121. The third-order valence-electron chi connectivity index (χ3n) is 3.02. The summed E-state index contributed by atoms with van der Waals surface area (Å²) in [6, 6.07) is 9.89. The van der Waals surface area contributed by atoms with Crippen molar-refractivity contribution in [3.63, 3.8) is 0 Å². The van der Waals surface area contributed by atoms with Gasteiger partial charge in [-0.1, -0.05) is 12.1 Å². The maximum atomic E-state index is 11.6. The van der Waals surface area contributed by atoms with Crippen LogP contribution in [0.1, 0.15) is 25.3 Å². The Kier molecular flexibility index (Phi) is 4.90. The number of nitrogens with zero attached hydrogens (tertiary/aromatic N) is 2. The number of aromatic nitrogens is 2. The van der Waals surface area contributed by atoms with Crippen molar-refractivity contribution in [3.8, 4) is 5.69 Å². The minimum atomic E-state index is 0.0402. The first-order chi connectivity index (χ1) is 9.65. The van der Waals surface area contributed by atoms with Crippen LogP contribution in [0.25, 0.3) is 5.69 Å². The number of nitrogens with two attached hydrogens (primary N) is 1. The first-order valence-corrected chi connectivity index (χ1v) is 6.76. The molecule has 1 atom stereocenters.